The Morgan fingerprint density at radius 3 is 2.57 bits per heavy atom. The standard InChI is InChI=1S/C16H25N3S.ClH/c1-2-12(1)9-17-14-5-7-19(8-6-14)10-15-16(13-3-4-13)18-11-20-15;/h11-14,17H,1-10H2;1H. The van der Waals surface area contributed by atoms with E-state index in [1.807, 2.05) is 16.8 Å². The Balaban J connectivity index is 0.00000132. The van der Waals surface area contributed by atoms with Crippen LogP contribution in [0, 0.1) is 5.92 Å². The van der Waals surface area contributed by atoms with Gasteiger partial charge in [0.15, 0.2) is 0 Å². The second-order valence-electron chi connectivity index (χ2n) is 6.84. The molecule has 1 aromatic heterocycles. The third-order valence-electron chi connectivity index (χ3n) is 4.98. The van der Waals surface area contributed by atoms with E-state index in [0.29, 0.717) is 0 Å². The molecular formula is C16H26ClN3S. The monoisotopic (exact) mass is 327 g/mol. The number of aromatic nitrogens is 1. The van der Waals surface area contributed by atoms with Gasteiger partial charge in [-0.25, -0.2) is 4.98 Å². The van der Waals surface area contributed by atoms with Crippen molar-refractivity contribution in [3.63, 3.8) is 0 Å². The molecule has 4 rings (SSSR count). The van der Waals surface area contributed by atoms with Crippen LogP contribution in [0.25, 0.3) is 0 Å². The van der Waals surface area contributed by atoms with Crippen molar-refractivity contribution in [3.05, 3.63) is 16.1 Å². The minimum atomic E-state index is 0. The molecule has 3 fully saturated rings. The van der Waals surface area contributed by atoms with Crippen LogP contribution in [-0.4, -0.2) is 35.6 Å². The van der Waals surface area contributed by atoms with Crippen molar-refractivity contribution in [3.8, 4) is 0 Å². The number of piperidine rings is 1. The van der Waals surface area contributed by atoms with E-state index in [-0.39, 0.29) is 12.4 Å². The number of likely N-dealkylation sites (tertiary alicyclic amines) is 1. The molecule has 0 unspecified atom stereocenters. The molecule has 2 saturated carbocycles. The van der Waals surface area contributed by atoms with Crippen molar-refractivity contribution in [1.82, 2.24) is 15.2 Å². The number of halogens is 1. The average Bonchev–Trinajstić information content (AvgIpc) is 3.39. The fourth-order valence-electron chi connectivity index (χ4n) is 3.24. The van der Waals surface area contributed by atoms with Crippen LogP contribution in [0.4, 0.5) is 0 Å². The van der Waals surface area contributed by atoms with Crippen molar-refractivity contribution < 1.29 is 0 Å². The molecule has 1 aliphatic heterocycles. The lowest BCUT2D eigenvalue weighted by Crippen LogP contribution is -2.42. The van der Waals surface area contributed by atoms with E-state index in [0.717, 1.165) is 24.4 Å². The van der Waals surface area contributed by atoms with E-state index in [2.05, 4.69) is 15.2 Å². The first kappa shape index (κ1) is 15.7. The van der Waals surface area contributed by atoms with E-state index >= 15 is 0 Å². The highest BCUT2D eigenvalue weighted by atomic mass is 35.5. The molecule has 118 valence electrons. The largest absolute Gasteiger partial charge is 0.314 e. The second-order valence-corrected chi connectivity index (χ2v) is 7.78. The molecule has 0 atom stereocenters. The van der Waals surface area contributed by atoms with Crippen LogP contribution in [0.3, 0.4) is 0 Å². The van der Waals surface area contributed by atoms with Gasteiger partial charge in [0.1, 0.15) is 0 Å². The summed E-state index contributed by atoms with van der Waals surface area (Å²) in [5.74, 6) is 1.81. The fraction of sp³-hybridized carbons (Fsp3) is 0.812. The van der Waals surface area contributed by atoms with Crippen LogP contribution in [0.5, 0.6) is 0 Å². The smallest absolute Gasteiger partial charge is 0.0798 e. The van der Waals surface area contributed by atoms with Crippen LogP contribution in [-0.2, 0) is 6.54 Å². The average molecular weight is 328 g/mol. The molecule has 1 aromatic rings. The third-order valence-corrected chi connectivity index (χ3v) is 5.82. The molecular weight excluding hydrogens is 302 g/mol. The Morgan fingerprint density at radius 1 is 1.14 bits per heavy atom. The van der Waals surface area contributed by atoms with Gasteiger partial charge in [0, 0.05) is 36.5 Å². The van der Waals surface area contributed by atoms with Gasteiger partial charge in [-0.3, -0.25) is 4.90 Å². The number of rotatable bonds is 6. The quantitative estimate of drug-likeness (QED) is 0.868. The van der Waals surface area contributed by atoms with Gasteiger partial charge >= 0.3 is 0 Å². The van der Waals surface area contributed by atoms with Crippen molar-refractivity contribution in [2.45, 2.75) is 57.0 Å². The van der Waals surface area contributed by atoms with Gasteiger partial charge in [-0.1, -0.05) is 0 Å². The molecule has 3 aliphatic rings. The predicted molar refractivity (Wildman–Crippen MR) is 90.4 cm³/mol. The molecule has 2 aliphatic carbocycles. The molecule has 21 heavy (non-hydrogen) atoms. The van der Waals surface area contributed by atoms with E-state index in [4.69, 9.17) is 0 Å². The second kappa shape index (κ2) is 6.95. The van der Waals surface area contributed by atoms with Crippen LogP contribution >= 0.6 is 23.7 Å². The first-order valence-corrected chi connectivity index (χ1v) is 9.14. The maximum absolute atomic E-state index is 4.59. The fourth-order valence-corrected chi connectivity index (χ4v) is 4.13. The lowest BCUT2D eigenvalue weighted by atomic mass is 10.0. The number of hydrogen-bond donors (Lipinski definition) is 1. The van der Waals surface area contributed by atoms with Crippen LogP contribution < -0.4 is 5.32 Å². The highest BCUT2D eigenvalue weighted by molar-refractivity contribution is 7.09. The molecule has 0 spiro atoms. The summed E-state index contributed by atoms with van der Waals surface area (Å²) in [6.07, 6.45) is 8.30. The topological polar surface area (TPSA) is 28.2 Å². The summed E-state index contributed by atoms with van der Waals surface area (Å²) >= 11 is 1.87. The highest BCUT2D eigenvalue weighted by Crippen LogP contribution is 2.42. The Kier molecular flexibility index (Phi) is 5.20. The van der Waals surface area contributed by atoms with Crippen LogP contribution in [0.1, 0.15) is 55.0 Å². The summed E-state index contributed by atoms with van der Waals surface area (Å²) in [6.45, 7) is 4.92. The number of hydrogen-bond acceptors (Lipinski definition) is 4. The van der Waals surface area contributed by atoms with E-state index in [1.54, 1.807) is 0 Å². The Labute approximate surface area is 137 Å². The van der Waals surface area contributed by atoms with Crippen LogP contribution in [0.15, 0.2) is 5.51 Å². The number of nitrogens with one attached hydrogen (secondary N) is 1. The first-order valence-electron chi connectivity index (χ1n) is 8.26. The summed E-state index contributed by atoms with van der Waals surface area (Å²) in [4.78, 5) is 8.77. The zero-order chi connectivity index (χ0) is 13.4. The predicted octanol–water partition coefficient (Wildman–Crippen LogP) is 3.41. The number of nitrogens with zero attached hydrogens (tertiary/aromatic N) is 2. The lowest BCUT2D eigenvalue weighted by molar-refractivity contribution is 0.191. The Morgan fingerprint density at radius 2 is 1.90 bits per heavy atom. The van der Waals surface area contributed by atoms with Crippen molar-refractivity contribution in [2.24, 2.45) is 5.92 Å². The zero-order valence-corrected chi connectivity index (χ0v) is 14.2. The van der Waals surface area contributed by atoms with E-state index in [1.165, 1.54) is 68.7 Å². The highest BCUT2D eigenvalue weighted by Gasteiger charge is 2.29. The summed E-state index contributed by atoms with van der Waals surface area (Å²) in [7, 11) is 0. The van der Waals surface area contributed by atoms with Gasteiger partial charge in [0.05, 0.1) is 11.2 Å². The summed E-state index contributed by atoms with van der Waals surface area (Å²) in [6, 6.07) is 0.774. The van der Waals surface area contributed by atoms with E-state index in [9.17, 15) is 0 Å². The molecule has 2 heterocycles. The Hall–Kier alpha value is -0.160. The van der Waals surface area contributed by atoms with Gasteiger partial charge in [-0.15, -0.1) is 23.7 Å². The first-order chi connectivity index (χ1) is 9.88. The van der Waals surface area contributed by atoms with Crippen LogP contribution in [0.2, 0.25) is 0 Å². The molecule has 0 amide bonds. The van der Waals surface area contributed by atoms with Crippen molar-refractivity contribution in [1.29, 1.82) is 0 Å². The SMILES string of the molecule is Cl.c1nc(C2CC2)c(CN2CCC(NCC3CC3)CC2)s1. The molecule has 5 heteroatoms. The molecule has 0 bridgehead atoms. The van der Waals surface area contributed by atoms with Gasteiger partial charge < -0.3 is 5.32 Å². The maximum Gasteiger partial charge on any atom is 0.0798 e. The van der Waals surface area contributed by atoms with Crippen molar-refractivity contribution in [2.75, 3.05) is 19.6 Å². The molecule has 3 nitrogen and oxygen atoms in total. The lowest BCUT2D eigenvalue weighted by Gasteiger charge is -2.32. The summed E-state index contributed by atoms with van der Waals surface area (Å²) in [5.41, 5.74) is 3.47. The third kappa shape index (κ3) is 4.19. The summed E-state index contributed by atoms with van der Waals surface area (Å²) in [5, 5.41) is 3.77. The molecule has 0 aromatic carbocycles. The minimum Gasteiger partial charge on any atom is -0.314 e. The minimum absolute atomic E-state index is 0. The zero-order valence-electron chi connectivity index (χ0n) is 12.6. The normalized spacial score (nSPS) is 24.0. The van der Waals surface area contributed by atoms with Crippen molar-refractivity contribution >= 4 is 23.7 Å². The maximum atomic E-state index is 4.59. The summed E-state index contributed by atoms with van der Waals surface area (Å²) < 4.78 is 0. The van der Waals surface area contributed by atoms with E-state index < -0.39 is 0 Å². The molecule has 1 saturated heterocycles. The Bertz CT molecular complexity index is 448. The number of thiazole rings is 1. The van der Waals surface area contributed by atoms with Gasteiger partial charge in [-0.2, -0.15) is 0 Å². The molecule has 0 radical (unpaired) electrons. The molecule has 1 N–H and O–H groups in total. The van der Waals surface area contributed by atoms with Gasteiger partial charge in [-0.05, 0) is 51.0 Å². The van der Waals surface area contributed by atoms with Gasteiger partial charge in [0.25, 0.3) is 0 Å². The van der Waals surface area contributed by atoms with Gasteiger partial charge in [0.2, 0.25) is 0 Å².